The Morgan fingerprint density at radius 3 is 2.57 bits per heavy atom. The monoisotopic (exact) mass is 437 g/mol. The van der Waals surface area contributed by atoms with Crippen molar-refractivity contribution >= 4 is 57.9 Å². The lowest BCUT2D eigenvalue weighted by atomic mass is 10.1. The largest absolute Gasteiger partial charge is 0.325 e. The zero-order valence-corrected chi connectivity index (χ0v) is 17.6. The Hall–Kier alpha value is -3.10. The predicted octanol–water partition coefficient (Wildman–Crippen LogP) is 4.62. The maximum absolute atomic E-state index is 12.8. The first-order chi connectivity index (χ1) is 14.6. The van der Waals surface area contributed by atoms with Crippen LogP contribution < -0.4 is 16.0 Å². The Morgan fingerprint density at radius 1 is 1.00 bits per heavy atom. The molecule has 1 aliphatic heterocycles. The molecule has 0 saturated carbocycles. The fourth-order valence-electron chi connectivity index (χ4n) is 3.02. The maximum atomic E-state index is 12.8. The van der Waals surface area contributed by atoms with Crippen LogP contribution in [0.4, 0.5) is 17.1 Å². The Bertz CT molecular complexity index is 1100. The van der Waals surface area contributed by atoms with Crippen LogP contribution in [0.3, 0.4) is 0 Å². The van der Waals surface area contributed by atoms with Gasteiger partial charge in [-0.15, -0.1) is 23.1 Å². The molecule has 1 aliphatic rings. The SMILES string of the molecule is O=C(Cc1cccs1)Nc1ccccc1NC(=O)c1ccc2c(c1)NC(=O)CCS2. The van der Waals surface area contributed by atoms with Gasteiger partial charge >= 0.3 is 0 Å². The zero-order chi connectivity index (χ0) is 20.9. The van der Waals surface area contributed by atoms with Gasteiger partial charge in [0.25, 0.3) is 5.91 Å². The highest BCUT2D eigenvalue weighted by Crippen LogP contribution is 2.32. The van der Waals surface area contributed by atoms with Crippen LogP contribution in [-0.2, 0) is 16.0 Å². The van der Waals surface area contributed by atoms with Gasteiger partial charge in [0.1, 0.15) is 0 Å². The molecule has 0 aliphatic carbocycles. The van der Waals surface area contributed by atoms with Crippen molar-refractivity contribution in [3.05, 3.63) is 70.4 Å². The van der Waals surface area contributed by atoms with Crippen molar-refractivity contribution in [3.8, 4) is 0 Å². The van der Waals surface area contributed by atoms with Crippen molar-refractivity contribution in [3.63, 3.8) is 0 Å². The van der Waals surface area contributed by atoms with E-state index in [4.69, 9.17) is 0 Å². The number of fused-ring (bicyclic) bond motifs is 1. The van der Waals surface area contributed by atoms with Crippen LogP contribution in [0.15, 0.2) is 64.9 Å². The van der Waals surface area contributed by atoms with E-state index in [2.05, 4.69) is 16.0 Å². The normalized spacial score (nSPS) is 13.0. The lowest BCUT2D eigenvalue weighted by Crippen LogP contribution is -2.18. The molecule has 8 heteroatoms. The molecule has 2 aromatic carbocycles. The smallest absolute Gasteiger partial charge is 0.255 e. The number of thioether (sulfide) groups is 1. The van der Waals surface area contributed by atoms with E-state index >= 15 is 0 Å². The summed E-state index contributed by atoms with van der Waals surface area (Å²) in [6, 6.07) is 16.1. The minimum absolute atomic E-state index is 0.0578. The van der Waals surface area contributed by atoms with Gasteiger partial charge in [0.2, 0.25) is 11.8 Å². The van der Waals surface area contributed by atoms with Crippen LogP contribution in [0.25, 0.3) is 0 Å². The zero-order valence-electron chi connectivity index (χ0n) is 15.9. The summed E-state index contributed by atoms with van der Waals surface area (Å²) in [6.45, 7) is 0. The minimum atomic E-state index is -0.318. The van der Waals surface area contributed by atoms with Crippen molar-refractivity contribution in [2.24, 2.45) is 0 Å². The number of para-hydroxylation sites is 2. The van der Waals surface area contributed by atoms with Crippen LogP contribution >= 0.6 is 23.1 Å². The third kappa shape index (κ3) is 4.90. The number of thiophene rings is 1. The Labute approximate surface area is 182 Å². The first kappa shape index (κ1) is 20.2. The maximum Gasteiger partial charge on any atom is 0.255 e. The topological polar surface area (TPSA) is 87.3 Å². The molecule has 0 atom stereocenters. The van der Waals surface area contributed by atoms with E-state index in [0.29, 0.717) is 34.8 Å². The number of amides is 3. The molecule has 3 amide bonds. The third-order valence-electron chi connectivity index (χ3n) is 4.47. The summed E-state index contributed by atoms with van der Waals surface area (Å²) in [5, 5.41) is 10.5. The fourth-order valence-corrected chi connectivity index (χ4v) is 4.66. The van der Waals surface area contributed by atoms with Crippen LogP contribution in [0.2, 0.25) is 0 Å². The molecule has 3 N–H and O–H groups in total. The van der Waals surface area contributed by atoms with Gasteiger partial charge < -0.3 is 16.0 Å². The Morgan fingerprint density at radius 2 is 1.80 bits per heavy atom. The van der Waals surface area contributed by atoms with Crippen molar-refractivity contribution in [2.75, 3.05) is 21.7 Å². The summed E-state index contributed by atoms with van der Waals surface area (Å²) in [7, 11) is 0. The van der Waals surface area contributed by atoms with Crippen LogP contribution in [-0.4, -0.2) is 23.5 Å². The van der Waals surface area contributed by atoms with Gasteiger partial charge in [-0.25, -0.2) is 0 Å². The summed E-state index contributed by atoms with van der Waals surface area (Å²) >= 11 is 3.11. The molecule has 0 saturated heterocycles. The van der Waals surface area contributed by atoms with E-state index in [1.807, 2.05) is 23.6 Å². The van der Waals surface area contributed by atoms with Crippen LogP contribution in [0, 0.1) is 0 Å². The number of anilines is 3. The van der Waals surface area contributed by atoms with Crippen LogP contribution in [0.1, 0.15) is 21.7 Å². The molecule has 3 aromatic rings. The summed E-state index contributed by atoms with van der Waals surface area (Å²) in [4.78, 5) is 38.9. The quantitative estimate of drug-likeness (QED) is 0.544. The average molecular weight is 438 g/mol. The molecule has 1 aromatic heterocycles. The first-order valence-corrected chi connectivity index (χ1v) is 11.2. The van der Waals surface area contributed by atoms with Gasteiger partial charge in [-0.05, 0) is 41.8 Å². The lowest BCUT2D eigenvalue weighted by molar-refractivity contribution is -0.116. The summed E-state index contributed by atoms with van der Waals surface area (Å²) in [6.07, 6.45) is 0.724. The highest BCUT2D eigenvalue weighted by Gasteiger charge is 2.17. The van der Waals surface area contributed by atoms with Crippen LogP contribution in [0.5, 0.6) is 0 Å². The summed E-state index contributed by atoms with van der Waals surface area (Å²) < 4.78 is 0. The highest BCUT2D eigenvalue weighted by molar-refractivity contribution is 7.99. The van der Waals surface area contributed by atoms with Crippen molar-refractivity contribution < 1.29 is 14.4 Å². The number of hydrogen-bond acceptors (Lipinski definition) is 5. The minimum Gasteiger partial charge on any atom is -0.325 e. The van der Waals surface area contributed by atoms with Gasteiger partial charge in [0.05, 0.1) is 23.5 Å². The average Bonchev–Trinajstić information content (AvgIpc) is 3.15. The number of carbonyl (C=O) groups is 3. The van der Waals surface area contributed by atoms with Gasteiger partial charge in [0.15, 0.2) is 0 Å². The molecule has 2 heterocycles. The third-order valence-corrected chi connectivity index (χ3v) is 6.42. The van der Waals surface area contributed by atoms with E-state index in [1.54, 1.807) is 48.2 Å². The van der Waals surface area contributed by atoms with E-state index in [0.717, 1.165) is 9.77 Å². The molecule has 152 valence electrons. The number of carbonyl (C=O) groups excluding carboxylic acids is 3. The highest BCUT2D eigenvalue weighted by atomic mass is 32.2. The lowest BCUT2D eigenvalue weighted by Gasteiger charge is -2.13. The molecular formula is C22H19N3O3S2. The number of benzene rings is 2. The molecule has 0 unspecified atom stereocenters. The van der Waals surface area contributed by atoms with E-state index in [9.17, 15) is 14.4 Å². The fraction of sp³-hybridized carbons (Fsp3) is 0.136. The molecule has 6 nitrogen and oxygen atoms in total. The summed E-state index contributed by atoms with van der Waals surface area (Å²) in [5.41, 5.74) is 2.12. The van der Waals surface area contributed by atoms with Crippen molar-refractivity contribution in [1.29, 1.82) is 0 Å². The molecule has 0 fully saturated rings. The van der Waals surface area contributed by atoms with Gasteiger partial charge in [0, 0.05) is 27.5 Å². The van der Waals surface area contributed by atoms with E-state index in [-0.39, 0.29) is 24.1 Å². The van der Waals surface area contributed by atoms with Gasteiger partial charge in [-0.1, -0.05) is 18.2 Å². The second kappa shape index (κ2) is 9.15. The molecule has 30 heavy (non-hydrogen) atoms. The second-order valence-electron chi connectivity index (χ2n) is 6.66. The molecular weight excluding hydrogens is 418 g/mol. The standard InChI is InChI=1S/C22H19N3O3S2/c26-20-9-11-30-19-8-7-14(12-18(19)24-20)22(28)25-17-6-2-1-5-16(17)23-21(27)13-15-4-3-10-29-15/h1-8,10,12H,9,11,13H2,(H,23,27)(H,24,26)(H,25,28). The van der Waals surface area contributed by atoms with Crippen molar-refractivity contribution in [2.45, 2.75) is 17.7 Å². The number of nitrogens with one attached hydrogen (secondary N) is 3. The Kier molecular flexibility index (Phi) is 6.15. The van der Waals surface area contributed by atoms with Crippen molar-refractivity contribution in [1.82, 2.24) is 0 Å². The number of rotatable bonds is 5. The predicted molar refractivity (Wildman–Crippen MR) is 121 cm³/mol. The van der Waals surface area contributed by atoms with Gasteiger partial charge in [-0.2, -0.15) is 0 Å². The van der Waals surface area contributed by atoms with Gasteiger partial charge in [-0.3, -0.25) is 14.4 Å². The first-order valence-electron chi connectivity index (χ1n) is 9.38. The number of hydrogen-bond donors (Lipinski definition) is 3. The molecule has 4 rings (SSSR count). The molecule has 0 bridgehead atoms. The van der Waals surface area contributed by atoms with E-state index < -0.39 is 0 Å². The van der Waals surface area contributed by atoms with E-state index in [1.165, 1.54) is 11.3 Å². The second-order valence-corrected chi connectivity index (χ2v) is 8.83. The molecule has 0 radical (unpaired) electrons. The molecule has 0 spiro atoms. The summed E-state index contributed by atoms with van der Waals surface area (Å²) in [5.74, 6) is 0.186. The Balaban J connectivity index is 1.48.